The lowest BCUT2D eigenvalue weighted by Crippen LogP contribution is -2.48. The van der Waals surface area contributed by atoms with E-state index in [1.165, 1.54) is 12.8 Å². The first kappa shape index (κ1) is 25.4. The predicted molar refractivity (Wildman–Crippen MR) is 134 cm³/mol. The Balaban J connectivity index is 1.38. The second-order valence-corrected chi connectivity index (χ2v) is 9.15. The Morgan fingerprint density at radius 3 is 2.35 bits per heavy atom. The first-order valence-corrected chi connectivity index (χ1v) is 12.2. The molecule has 3 N–H and O–H groups in total. The Hall–Kier alpha value is -3.22. The largest absolute Gasteiger partial charge is 0.490 e. The second kappa shape index (κ2) is 13.5. The zero-order valence-electron chi connectivity index (χ0n) is 20.2. The molecule has 1 fully saturated rings. The molecule has 3 rings (SSSR count). The summed E-state index contributed by atoms with van der Waals surface area (Å²) in [5, 5.41) is 8.90. The third kappa shape index (κ3) is 8.96. The summed E-state index contributed by atoms with van der Waals surface area (Å²) in [6.45, 7) is 5.20. The van der Waals surface area contributed by atoms with Gasteiger partial charge in [0.1, 0.15) is 18.4 Å². The molecule has 0 radical (unpaired) electrons. The molecule has 1 unspecified atom stereocenters. The van der Waals surface area contributed by atoms with E-state index in [2.05, 4.69) is 16.0 Å². The van der Waals surface area contributed by atoms with Crippen molar-refractivity contribution in [3.8, 4) is 5.75 Å². The molecule has 1 aliphatic rings. The minimum absolute atomic E-state index is 0.164. The molecule has 2 aromatic rings. The van der Waals surface area contributed by atoms with E-state index in [9.17, 15) is 9.59 Å². The van der Waals surface area contributed by atoms with E-state index >= 15 is 0 Å². The predicted octanol–water partition coefficient (Wildman–Crippen LogP) is 4.88. The molecule has 0 spiro atoms. The van der Waals surface area contributed by atoms with Crippen LogP contribution in [0, 0.1) is 5.92 Å². The minimum atomic E-state index is -0.643. The highest BCUT2D eigenvalue weighted by atomic mass is 16.5. The highest BCUT2D eigenvalue weighted by Gasteiger charge is 2.22. The summed E-state index contributed by atoms with van der Waals surface area (Å²) in [5.41, 5.74) is 1.86. The summed E-state index contributed by atoms with van der Waals surface area (Å²) in [5.74, 6) is 0.924. The number of amides is 2. The van der Waals surface area contributed by atoms with Crippen molar-refractivity contribution >= 4 is 17.7 Å². The standard InChI is InChI=1S/C27H37N3O4/c1-20(2)18-25(30-27(32)33-19-21-8-4-3-5-9-21)26(31)29-17-16-28-22-12-14-24(15-13-22)34-23-10-6-7-11-23/h3-5,8-9,12-15,20,23,25,28H,6-7,10-11,16-19H2,1-2H3,(H,29,31)(H,30,32). The molecule has 2 amide bonds. The van der Waals surface area contributed by atoms with Gasteiger partial charge in [0.15, 0.2) is 0 Å². The van der Waals surface area contributed by atoms with Gasteiger partial charge in [-0.15, -0.1) is 0 Å². The van der Waals surface area contributed by atoms with Crippen LogP contribution in [0.25, 0.3) is 0 Å². The molecule has 7 nitrogen and oxygen atoms in total. The summed E-state index contributed by atoms with van der Waals surface area (Å²) in [7, 11) is 0. The van der Waals surface area contributed by atoms with Crippen LogP contribution in [0.5, 0.6) is 5.75 Å². The first-order valence-electron chi connectivity index (χ1n) is 12.2. The van der Waals surface area contributed by atoms with Gasteiger partial charge in [0.25, 0.3) is 0 Å². The Labute approximate surface area is 202 Å². The van der Waals surface area contributed by atoms with E-state index in [4.69, 9.17) is 9.47 Å². The van der Waals surface area contributed by atoms with Crippen molar-refractivity contribution in [3.63, 3.8) is 0 Å². The van der Waals surface area contributed by atoms with Crippen molar-refractivity contribution in [2.24, 2.45) is 5.92 Å². The van der Waals surface area contributed by atoms with Crippen LogP contribution in [0.4, 0.5) is 10.5 Å². The number of rotatable bonds is 12. The molecular formula is C27H37N3O4. The van der Waals surface area contributed by atoms with Crippen LogP contribution in [0.2, 0.25) is 0 Å². The van der Waals surface area contributed by atoms with E-state index < -0.39 is 12.1 Å². The smallest absolute Gasteiger partial charge is 0.408 e. The summed E-state index contributed by atoms with van der Waals surface area (Å²) in [6.07, 6.45) is 5.05. The van der Waals surface area contributed by atoms with Crippen LogP contribution in [0.3, 0.4) is 0 Å². The van der Waals surface area contributed by atoms with Crippen LogP contribution in [0.1, 0.15) is 51.5 Å². The summed E-state index contributed by atoms with van der Waals surface area (Å²) < 4.78 is 11.3. The Bertz CT molecular complexity index is 881. The van der Waals surface area contributed by atoms with Gasteiger partial charge in [-0.25, -0.2) is 4.79 Å². The zero-order valence-corrected chi connectivity index (χ0v) is 20.2. The van der Waals surface area contributed by atoms with Gasteiger partial charge in [0, 0.05) is 18.8 Å². The molecule has 34 heavy (non-hydrogen) atoms. The number of hydrogen-bond donors (Lipinski definition) is 3. The maximum Gasteiger partial charge on any atom is 0.408 e. The number of benzene rings is 2. The lowest BCUT2D eigenvalue weighted by atomic mass is 10.0. The number of alkyl carbamates (subject to hydrolysis) is 1. The number of carbonyl (C=O) groups excluding carboxylic acids is 2. The van der Waals surface area contributed by atoms with Gasteiger partial charge in [-0.05, 0) is 67.9 Å². The average Bonchev–Trinajstić information content (AvgIpc) is 3.34. The van der Waals surface area contributed by atoms with Gasteiger partial charge in [0.05, 0.1) is 6.10 Å². The van der Waals surface area contributed by atoms with E-state index in [0.29, 0.717) is 25.6 Å². The monoisotopic (exact) mass is 467 g/mol. The van der Waals surface area contributed by atoms with Crippen molar-refractivity contribution < 1.29 is 19.1 Å². The Kier molecular flexibility index (Phi) is 10.1. The van der Waals surface area contributed by atoms with Crippen molar-refractivity contribution in [2.45, 2.75) is 64.7 Å². The summed E-state index contributed by atoms with van der Waals surface area (Å²) in [4.78, 5) is 24.9. The van der Waals surface area contributed by atoms with Crippen LogP contribution < -0.4 is 20.7 Å². The average molecular weight is 468 g/mol. The van der Waals surface area contributed by atoms with Gasteiger partial charge in [-0.2, -0.15) is 0 Å². The molecule has 0 aromatic heterocycles. The van der Waals surface area contributed by atoms with Gasteiger partial charge < -0.3 is 25.4 Å². The van der Waals surface area contributed by atoms with E-state index in [0.717, 1.165) is 29.8 Å². The van der Waals surface area contributed by atoms with Crippen LogP contribution >= 0.6 is 0 Å². The molecule has 0 bridgehead atoms. The molecule has 0 saturated heterocycles. The fourth-order valence-corrected chi connectivity index (χ4v) is 3.98. The van der Waals surface area contributed by atoms with Crippen molar-refractivity contribution in [2.75, 3.05) is 18.4 Å². The molecule has 2 aromatic carbocycles. The second-order valence-electron chi connectivity index (χ2n) is 9.15. The molecule has 1 aliphatic carbocycles. The van der Waals surface area contributed by atoms with Crippen molar-refractivity contribution in [1.82, 2.24) is 10.6 Å². The fraction of sp³-hybridized carbons (Fsp3) is 0.481. The van der Waals surface area contributed by atoms with Crippen molar-refractivity contribution in [3.05, 3.63) is 60.2 Å². The third-order valence-electron chi connectivity index (χ3n) is 5.74. The minimum Gasteiger partial charge on any atom is -0.490 e. The quantitative estimate of drug-likeness (QED) is 0.387. The molecular weight excluding hydrogens is 430 g/mol. The lowest BCUT2D eigenvalue weighted by molar-refractivity contribution is -0.123. The van der Waals surface area contributed by atoms with Crippen LogP contribution in [-0.2, 0) is 16.1 Å². The highest BCUT2D eigenvalue weighted by molar-refractivity contribution is 5.85. The summed E-state index contributed by atoms with van der Waals surface area (Å²) >= 11 is 0. The molecule has 1 saturated carbocycles. The highest BCUT2D eigenvalue weighted by Crippen LogP contribution is 2.24. The number of hydrogen-bond acceptors (Lipinski definition) is 5. The van der Waals surface area contributed by atoms with Gasteiger partial charge in [-0.1, -0.05) is 44.2 Å². The van der Waals surface area contributed by atoms with Crippen molar-refractivity contribution in [1.29, 1.82) is 0 Å². The van der Waals surface area contributed by atoms with Crippen LogP contribution in [-0.4, -0.2) is 37.2 Å². The number of nitrogens with one attached hydrogen (secondary N) is 3. The van der Waals surface area contributed by atoms with E-state index in [1.54, 1.807) is 0 Å². The first-order chi connectivity index (χ1) is 16.5. The third-order valence-corrected chi connectivity index (χ3v) is 5.74. The zero-order chi connectivity index (χ0) is 24.2. The number of anilines is 1. The van der Waals surface area contributed by atoms with Gasteiger partial charge in [0.2, 0.25) is 5.91 Å². The van der Waals surface area contributed by atoms with Crippen LogP contribution in [0.15, 0.2) is 54.6 Å². The number of carbonyl (C=O) groups is 2. The SMILES string of the molecule is CC(C)CC(NC(=O)OCc1ccccc1)C(=O)NCCNc1ccc(OC2CCCC2)cc1. The van der Waals surface area contributed by atoms with E-state index in [1.807, 2.05) is 68.4 Å². The van der Waals surface area contributed by atoms with E-state index in [-0.39, 0.29) is 18.4 Å². The topological polar surface area (TPSA) is 88.7 Å². The fourth-order valence-electron chi connectivity index (χ4n) is 3.98. The summed E-state index contributed by atoms with van der Waals surface area (Å²) in [6, 6.07) is 16.7. The normalized spacial score (nSPS) is 14.4. The Morgan fingerprint density at radius 1 is 0.971 bits per heavy atom. The van der Waals surface area contributed by atoms with Gasteiger partial charge >= 0.3 is 6.09 Å². The Morgan fingerprint density at radius 2 is 1.68 bits per heavy atom. The number of ether oxygens (including phenoxy) is 2. The maximum absolute atomic E-state index is 12.7. The molecule has 0 heterocycles. The molecule has 7 heteroatoms. The maximum atomic E-state index is 12.7. The lowest BCUT2D eigenvalue weighted by Gasteiger charge is -2.20. The molecule has 0 aliphatic heterocycles. The van der Waals surface area contributed by atoms with Gasteiger partial charge in [-0.3, -0.25) is 4.79 Å². The molecule has 184 valence electrons. The molecule has 1 atom stereocenters.